The van der Waals surface area contributed by atoms with E-state index in [1.54, 1.807) is 19.1 Å². The average molecular weight is 998 g/mol. The molecule has 8 atom stereocenters. The Bertz CT molecular complexity index is 2880. The lowest BCUT2D eigenvalue weighted by Crippen LogP contribution is -2.53. The smallest absolute Gasteiger partial charge is 0.302 e. The molecule has 73 heavy (non-hydrogen) atoms. The highest BCUT2D eigenvalue weighted by Crippen LogP contribution is 2.36. The van der Waals surface area contributed by atoms with Crippen LogP contribution in [-0.4, -0.2) is 58.0 Å². The summed E-state index contributed by atoms with van der Waals surface area (Å²) in [5.74, 6) is 59.3. The summed E-state index contributed by atoms with van der Waals surface area (Å²) in [6.45, 7) is 14.9. The lowest BCUT2D eigenvalue weighted by molar-refractivity contribution is -0.256. The largest absolute Gasteiger partial charge is 0.460 e. The van der Waals surface area contributed by atoms with Crippen molar-refractivity contribution in [1.29, 1.82) is 0 Å². The maximum absolute atomic E-state index is 13.4. The number of benzene rings is 1. The number of hydrogen-bond acceptors (Lipinski definition) is 8. The third-order valence-corrected chi connectivity index (χ3v) is 13.1. The predicted molar refractivity (Wildman–Crippen MR) is 288 cm³/mol. The van der Waals surface area contributed by atoms with Crippen molar-refractivity contribution in [2.24, 2.45) is 23.7 Å². The minimum Gasteiger partial charge on any atom is -0.460 e. The fourth-order valence-corrected chi connectivity index (χ4v) is 8.37. The maximum Gasteiger partial charge on any atom is 0.302 e. The normalized spacial score (nSPS) is 16.8. The van der Waals surface area contributed by atoms with E-state index in [0.717, 1.165) is 31.2 Å². The summed E-state index contributed by atoms with van der Waals surface area (Å²) in [5.41, 5.74) is 0.925. The monoisotopic (exact) mass is 997 g/mol. The van der Waals surface area contributed by atoms with Crippen molar-refractivity contribution in [2.75, 3.05) is 13.2 Å². The van der Waals surface area contributed by atoms with Gasteiger partial charge in [0, 0.05) is 54.3 Å². The van der Waals surface area contributed by atoms with Crippen molar-refractivity contribution in [3.63, 3.8) is 0 Å². The first-order chi connectivity index (χ1) is 35.3. The first kappa shape index (κ1) is 61.8. The van der Waals surface area contributed by atoms with Gasteiger partial charge in [-0.05, 0) is 145 Å². The van der Waals surface area contributed by atoms with Crippen molar-refractivity contribution in [2.45, 2.75) is 168 Å². The minimum absolute atomic E-state index is 0.0477. The summed E-state index contributed by atoms with van der Waals surface area (Å²) in [4.78, 5) is 26.0. The second-order valence-corrected chi connectivity index (χ2v) is 19.1. The van der Waals surface area contributed by atoms with Crippen LogP contribution in [0.3, 0.4) is 0 Å². The summed E-state index contributed by atoms with van der Waals surface area (Å²) in [7, 11) is -4.04. The van der Waals surface area contributed by atoms with Gasteiger partial charge in [0.2, 0.25) is 0 Å². The van der Waals surface area contributed by atoms with E-state index < -0.39 is 46.5 Å². The number of ether oxygens (including phenoxy) is 3. The molecule has 0 bridgehead atoms. The minimum atomic E-state index is -4.04. The number of unbranched alkanes of at least 4 members (excludes halogenated alkanes) is 11. The molecule has 0 aromatic heterocycles. The highest BCUT2D eigenvalue weighted by molar-refractivity contribution is 7.86. The van der Waals surface area contributed by atoms with Crippen molar-refractivity contribution in [3.8, 4) is 142 Å². The molecule has 0 spiro atoms. The molecule has 378 valence electrons. The van der Waals surface area contributed by atoms with E-state index in [-0.39, 0.29) is 41.8 Å². The number of hydrogen-bond donors (Lipinski definition) is 1. The number of nitrogens with one attached hydrogen (secondary N) is 1. The summed E-state index contributed by atoms with van der Waals surface area (Å²) in [6.07, 6.45) is 13.2. The summed E-state index contributed by atoms with van der Waals surface area (Å²) >= 11 is 0. The molecule has 1 amide bonds. The van der Waals surface area contributed by atoms with Crippen LogP contribution in [0.15, 0.2) is 29.2 Å². The van der Waals surface area contributed by atoms with E-state index in [9.17, 15) is 18.0 Å². The van der Waals surface area contributed by atoms with E-state index in [1.807, 2.05) is 27.7 Å². The second-order valence-electron chi connectivity index (χ2n) is 17.4. The summed E-state index contributed by atoms with van der Waals surface area (Å²) < 4.78 is 50.5. The number of aryl methyl sites for hydroxylation is 1. The zero-order valence-corrected chi connectivity index (χ0v) is 44.5. The third-order valence-electron chi connectivity index (χ3n) is 11.8. The number of carbonyl (C=O) groups excluding carboxylic acids is 2. The first-order valence-corrected chi connectivity index (χ1v) is 26.3. The highest BCUT2D eigenvalue weighted by atomic mass is 32.2. The highest BCUT2D eigenvalue weighted by Gasteiger charge is 2.41. The topological polar surface area (TPSA) is 117 Å². The standard InChI is InChI=1S/C63H67NO8S/c1-9-11-13-15-17-19-21-23-24-25-26-27-28-29-30-31-32-33-35-37-39-41-43-45-61(66)64-59(62(71-57(8)65)53(4)44-42-40-38-36-34-22-20-18-16-14-12-10-2)50-69-63-56(7)54(5)55(6)60(72-63)51-70-73(67,68)58-48-46-52(3)47-49-58/h46-49,53-56,59-60,62-63H,10,12,14,16,18,20,22,34,36,38,40,42,44,50-51H2,1-8H3,(H,64,66)/t53-,54+,55-,56?,59+,60?,62-,63+/m1/s1. The molecule has 1 aliphatic heterocycles. The molecule has 0 radical (unpaired) electrons. The molecule has 1 fully saturated rings. The Hall–Kier alpha value is -7.29. The quantitative estimate of drug-likeness (QED) is 0.0475. The van der Waals surface area contributed by atoms with Gasteiger partial charge in [0.1, 0.15) is 6.10 Å². The molecule has 10 heteroatoms. The van der Waals surface area contributed by atoms with Gasteiger partial charge in [-0.3, -0.25) is 13.8 Å². The molecule has 9 nitrogen and oxygen atoms in total. The van der Waals surface area contributed by atoms with Gasteiger partial charge in [0.05, 0.1) is 30.3 Å². The van der Waals surface area contributed by atoms with Gasteiger partial charge in [-0.15, -0.1) is 0 Å². The Balaban J connectivity index is 2.16. The molecule has 2 unspecified atom stereocenters. The first-order valence-electron chi connectivity index (χ1n) is 24.9. The van der Waals surface area contributed by atoms with Gasteiger partial charge in [0.15, 0.2) is 6.29 Å². The number of esters is 1. The fourth-order valence-electron chi connectivity index (χ4n) is 7.45. The average Bonchev–Trinajstić information content (AvgIpc) is 3.36. The van der Waals surface area contributed by atoms with Crippen molar-refractivity contribution in [3.05, 3.63) is 29.8 Å². The molecular weight excluding hydrogens is 931 g/mol. The van der Waals surface area contributed by atoms with Gasteiger partial charge in [0.25, 0.3) is 16.0 Å². The Morgan fingerprint density at radius 3 is 1.52 bits per heavy atom. The van der Waals surface area contributed by atoms with Crippen LogP contribution in [0, 0.1) is 173 Å². The number of amides is 1. The predicted octanol–water partition coefficient (Wildman–Crippen LogP) is 8.55. The number of carbonyl (C=O) groups is 2. The van der Waals surface area contributed by atoms with Gasteiger partial charge >= 0.3 is 5.97 Å². The van der Waals surface area contributed by atoms with Crippen LogP contribution in [0.5, 0.6) is 0 Å². The van der Waals surface area contributed by atoms with Crippen molar-refractivity contribution >= 4 is 22.0 Å². The number of rotatable bonds is 24. The molecule has 1 aromatic rings. The van der Waals surface area contributed by atoms with E-state index >= 15 is 0 Å². The molecule has 0 aliphatic carbocycles. The van der Waals surface area contributed by atoms with E-state index in [4.69, 9.17) is 18.4 Å². The molecule has 1 saturated heterocycles. The molecule has 1 aromatic carbocycles. The van der Waals surface area contributed by atoms with Crippen LogP contribution < -0.4 is 5.32 Å². The van der Waals surface area contributed by atoms with Gasteiger partial charge < -0.3 is 19.5 Å². The zero-order chi connectivity index (χ0) is 53.4. The van der Waals surface area contributed by atoms with Gasteiger partial charge in [-0.1, -0.05) is 135 Å². The van der Waals surface area contributed by atoms with Crippen molar-refractivity contribution in [1.82, 2.24) is 5.32 Å². The lowest BCUT2D eigenvalue weighted by atomic mass is 9.79. The Morgan fingerprint density at radius 1 is 0.630 bits per heavy atom. The molecule has 1 heterocycles. The zero-order valence-electron chi connectivity index (χ0n) is 43.7. The van der Waals surface area contributed by atoms with E-state index in [0.29, 0.717) is 0 Å². The van der Waals surface area contributed by atoms with Gasteiger partial charge in [-0.2, -0.15) is 8.42 Å². The van der Waals surface area contributed by atoms with Crippen LogP contribution in [-0.2, 0) is 38.1 Å². The van der Waals surface area contributed by atoms with Crippen LogP contribution >= 0.6 is 0 Å². The van der Waals surface area contributed by atoms with Crippen LogP contribution in [0.2, 0.25) is 0 Å². The van der Waals surface area contributed by atoms with Gasteiger partial charge in [-0.25, -0.2) is 0 Å². The maximum atomic E-state index is 13.4. The second kappa shape index (κ2) is 38.4. The molecule has 0 saturated carbocycles. The molecule has 2 rings (SSSR count). The Kier molecular flexibility index (Phi) is 32.5. The molecular formula is C63H67NO8S. The summed E-state index contributed by atoms with van der Waals surface area (Å²) in [6, 6.07) is 5.63. The van der Waals surface area contributed by atoms with Crippen LogP contribution in [0.1, 0.15) is 138 Å². The molecule has 1 aliphatic rings. The lowest BCUT2D eigenvalue weighted by Gasteiger charge is -2.43. The van der Waals surface area contributed by atoms with E-state index in [1.165, 1.54) is 76.8 Å². The Morgan fingerprint density at radius 2 is 1.07 bits per heavy atom. The third kappa shape index (κ3) is 28.4. The Labute approximate surface area is 438 Å². The fraction of sp³-hybridized carbons (Fsp3) is 0.492. The van der Waals surface area contributed by atoms with Crippen molar-refractivity contribution < 1.29 is 36.4 Å². The SMILES string of the molecule is CC#CC#CC#CC#CC#CC#CC#CC#CC#CC#CC#CC#CC(=O)N[C@@H](CO[C@H]1OC(COS(=O)(=O)c2ccc(C)cc2)[C@H](C)[C@H](C)C1C)[C@H](OC(C)=O)[C@H](C)CCCCCCCCCCCCCC. The van der Waals surface area contributed by atoms with Crippen LogP contribution in [0.4, 0.5) is 0 Å². The summed E-state index contributed by atoms with van der Waals surface area (Å²) in [5, 5.41) is 2.91. The van der Waals surface area contributed by atoms with E-state index in [2.05, 4.69) is 161 Å². The molecule has 1 N–H and O–H groups in total. The van der Waals surface area contributed by atoms with Crippen LogP contribution in [0.25, 0.3) is 0 Å².